The molecule has 27 heavy (non-hydrogen) atoms. The summed E-state index contributed by atoms with van der Waals surface area (Å²) in [4.78, 5) is 39.8. The van der Waals surface area contributed by atoms with Gasteiger partial charge in [-0.2, -0.15) is 0 Å². The summed E-state index contributed by atoms with van der Waals surface area (Å²) in [5.74, 6) is -0.644. The predicted octanol–water partition coefficient (Wildman–Crippen LogP) is 1.28. The number of hydrazine groups is 1. The predicted molar refractivity (Wildman–Crippen MR) is 99.2 cm³/mol. The molecule has 0 aliphatic carbocycles. The van der Waals surface area contributed by atoms with E-state index in [9.17, 15) is 14.4 Å². The zero-order valence-electron chi connectivity index (χ0n) is 14.0. The van der Waals surface area contributed by atoms with Crippen LogP contribution in [0.25, 0.3) is 11.0 Å². The first kappa shape index (κ1) is 18.4. The maximum atomic E-state index is 12.1. The van der Waals surface area contributed by atoms with Gasteiger partial charge in [0.1, 0.15) is 12.3 Å². The number of nitrogens with zero attached hydrogens (tertiary/aromatic N) is 2. The molecular formula is C18H15ClN4O4. The highest BCUT2D eigenvalue weighted by molar-refractivity contribution is 6.30. The van der Waals surface area contributed by atoms with Gasteiger partial charge in [0.2, 0.25) is 0 Å². The molecule has 0 aliphatic rings. The minimum absolute atomic E-state index is 0.264. The minimum atomic E-state index is -0.562. The van der Waals surface area contributed by atoms with E-state index in [0.717, 1.165) is 6.20 Å². The fourth-order valence-electron chi connectivity index (χ4n) is 2.32. The van der Waals surface area contributed by atoms with Crippen molar-refractivity contribution in [1.29, 1.82) is 0 Å². The highest BCUT2D eigenvalue weighted by atomic mass is 35.5. The largest absolute Gasteiger partial charge is 0.484 e. The lowest BCUT2D eigenvalue weighted by Crippen LogP contribution is -2.46. The van der Waals surface area contributed by atoms with Gasteiger partial charge in [-0.05, 0) is 36.4 Å². The number of rotatable bonds is 5. The second-order valence-corrected chi connectivity index (χ2v) is 5.95. The monoisotopic (exact) mass is 386 g/mol. The Morgan fingerprint density at radius 2 is 1.74 bits per heavy atom. The van der Waals surface area contributed by atoms with E-state index in [0.29, 0.717) is 21.8 Å². The summed E-state index contributed by atoms with van der Waals surface area (Å²) >= 11 is 5.76. The lowest BCUT2D eigenvalue weighted by molar-refractivity contribution is -0.130. The molecule has 2 N–H and O–H groups in total. The molecule has 0 radical (unpaired) electrons. The van der Waals surface area contributed by atoms with E-state index in [2.05, 4.69) is 15.8 Å². The maximum absolute atomic E-state index is 12.1. The molecule has 138 valence electrons. The molecular weight excluding hydrogens is 372 g/mol. The number of carbonyl (C=O) groups excluding carboxylic acids is 2. The number of halogens is 1. The Morgan fingerprint density at radius 1 is 1.04 bits per heavy atom. The van der Waals surface area contributed by atoms with Crippen molar-refractivity contribution in [3.05, 3.63) is 70.1 Å². The number of carbonyl (C=O) groups is 2. The molecule has 0 saturated heterocycles. The third-order valence-electron chi connectivity index (χ3n) is 3.58. The Morgan fingerprint density at radius 3 is 2.52 bits per heavy atom. The quantitative estimate of drug-likeness (QED) is 0.643. The first-order chi connectivity index (χ1) is 13.0. The average molecular weight is 387 g/mol. The second kappa shape index (κ2) is 8.33. The van der Waals surface area contributed by atoms with Crippen molar-refractivity contribution in [2.24, 2.45) is 0 Å². The lowest BCUT2D eigenvalue weighted by atomic mass is 10.3. The standard InChI is InChI=1S/C18H15ClN4O4/c19-12-5-7-13(8-6-12)27-11-17(25)22-21-16(24)10-23-15-4-2-1-3-14(15)20-9-18(23)26/h1-9H,10-11H2,(H,21,24)(H,22,25). The van der Waals surface area contributed by atoms with Crippen LogP contribution in [0, 0.1) is 0 Å². The molecule has 2 amide bonds. The zero-order chi connectivity index (χ0) is 19.2. The smallest absolute Gasteiger partial charge is 0.276 e. The van der Waals surface area contributed by atoms with Crippen molar-refractivity contribution in [2.75, 3.05) is 6.61 Å². The van der Waals surface area contributed by atoms with Crippen molar-refractivity contribution in [3.8, 4) is 5.75 Å². The van der Waals surface area contributed by atoms with E-state index in [1.807, 2.05) is 0 Å². The van der Waals surface area contributed by atoms with Crippen LogP contribution >= 0.6 is 11.6 Å². The highest BCUT2D eigenvalue weighted by Crippen LogP contribution is 2.15. The number of ether oxygens (including phenoxy) is 1. The number of hydrogen-bond donors (Lipinski definition) is 2. The maximum Gasteiger partial charge on any atom is 0.276 e. The molecule has 0 bridgehead atoms. The molecule has 8 nitrogen and oxygen atoms in total. The molecule has 0 aliphatic heterocycles. The van der Waals surface area contributed by atoms with Gasteiger partial charge in [0.05, 0.1) is 17.2 Å². The number of hydrogen-bond acceptors (Lipinski definition) is 5. The molecule has 1 heterocycles. The van der Waals surface area contributed by atoms with E-state index < -0.39 is 17.4 Å². The number of benzene rings is 2. The van der Waals surface area contributed by atoms with Crippen molar-refractivity contribution < 1.29 is 14.3 Å². The molecule has 0 unspecified atom stereocenters. The van der Waals surface area contributed by atoms with Gasteiger partial charge in [0.25, 0.3) is 17.4 Å². The van der Waals surface area contributed by atoms with Crippen LogP contribution in [0.3, 0.4) is 0 Å². The number of para-hydroxylation sites is 2. The van der Waals surface area contributed by atoms with Gasteiger partial charge in [0.15, 0.2) is 6.61 Å². The summed E-state index contributed by atoms with van der Waals surface area (Å²) < 4.78 is 6.54. The van der Waals surface area contributed by atoms with Gasteiger partial charge in [-0.15, -0.1) is 0 Å². The first-order valence-electron chi connectivity index (χ1n) is 7.93. The molecule has 0 saturated carbocycles. The summed E-state index contributed by atoms with van der Waals surface area (Å²) in [5, 5.41) is 0.554. The molecule has 2 aromatic carbocycles. The molecule has 9 heteroatoms. The van der Waals surface area contributed by atoms with Crippen LogP contribution in [0.2, 0.25) is 5.02 Å². The summed E-state index contributed by atoms with van der Waals surface area (Å²) in [5.41, 5.74) is 5.18. The van der Waals surface area contributed by atoms with E-state index in [-0.39, 0.29) is 13.2 Å². The third kappa shape index (κ3) is 4.83. The van der Waals surface area contributed by atoms with Crippen LogP contribution < -0.4 is 21.1 Å². The van der Waals surface area contributed by atoms with E-state index in [1.54, 1.807) is 48.5 Å². The fourth-order valence-corrected chi connectivity index (χ4v) is 2.44. The summed E-state index contributed by atoms with van der Waals surface area (Å²) in [6, 6.07) is 13.5. The Hall–Kier alpha value is -3.39. The molecule has 3 rings (SSSR count). The SMILES string of the molecule is O=C(COc1ccc(Cl)cc1)NNC(=O)Cn1c(=O)cnc2ccccc21. The number of amides is 2. The first-order valence-corrected chi connectivity index (χ1v) is 8.31. The van der Waals surface area contributed by atoms with Crippen molar-refractivity contribution in [3.63, 3.8) is 0 Å². The fraction of sp³-hybridized carbons (Fsp3) is 0.111. The van der Waals surface area contributed by atoms with E-state index in [1.165, 1.54) is 4.57 Å². The number of aromatic nitrogens is 2. The minimum Gasteiger partial charge on any atom is -0.484 e. The Bertz CT molecular complexity index is 1030. The van der Waals surface area contributed by atoms with Crippen LogP contribution in [0.4, 0.5) is 0 Å². The average Bonchev–Trinajstić information content (AvgIpc) is 2.68. The molecule has 0 fully saturated rings. The molecule has 0 atom stereocenters. The normalized spacial score (nSPS) is 10.4. The molecule has 0 spiro atoms. The molecule has 3 aromatic rings. The molecule has 1 aromatic heterocycles. The summed E-state index contributed by atoms with van der Waals surface area (Å²) in [6.45, 7) is -0.555. The van der Waals surface area contributed by atoms with Crippen LogP contribution in [0.15, 0.2) is 59.5 Å². The van der Waals surface area contributed by atoms with Crippen LogP contribution in [-0.2, 0) is 16.1 Å². The van der Waals surface area contributed by atoms with Gasteiger partial charge in [-0.3, -0.25) is 29.8 Å². The number of nitrogens with one attached hydrogen (secondary N) is 2. The van der Waals surface area contributed by atoms with Gasteiger partial charge in [-0.25, -0.2) is 4.98 Å². The van der Waals surface area contributed by atoms with Gasteiger partial charge < -0.3 is 4.74 Å². The number of fused-ring (bicyclic) bond motifs is 1. The van der Waals surface area contributed by atoms with Gasteiger partial charge in [0, 0.05) is 5.02 Å². The van der Waals surface area contributed by atoms with Crippen LogP contribution in [-0.4, -0.2) is 28.0 Å². The van der Waals surface area contributed by atoms with Crippen LogP contribution in [0.1, 0.15) is 0 Å². The Balaban J connectivity index is 1.54. The summed E-state index contributed by atoms with van der Waals surface area (Å²) in [7, 11) is 0. The van der Waals surface area contributed by atoms with E-state index in [4.69, 9.17) is 16.3 Å². The third-order valence-corrected chi connectivity index (χ3v) is 3.83. The van der Waals surface area contributed by atoms with Crippen molar-refractivity contribution >= 4 is 34.4 Å². The summed E-state index contributed by atoms with van der Waals surface area (Å²) in [6.07, 6.45) is 1.15. The van der Waals surface area contributed by atoms with Crippen LogP contribution in [0.5, 0.6) is 5.75 Å². The lowest BCUT2D eigenvalue weighted by Gasteiger charge is -2.11. The van der Waals surface area contributed by atoms with Crippen molar-refractivity contribution in [2.45, 2.75) is 6.54 Å². The topological polar surface area (TPSA) is 102 Å². The highest BCUT2D eigenvalue weighted by Gasteiger charge is 2.10. The Kier molecular flexibility index (Phi) is 5.68. The second-order valence-electron chi connectivity index (χ2n) is 5.51. The van der Waals surface area contributed by atoms with Gasteiger partial charge >= 0.3 is 0 Å². The zero-order valence-corrected chi connectivity index (χ0v) is 14.8. The van der Waals surface area contributed by atoms with E-state index >= 15 is 0 Å². The Labute approximate surface area is 158 Å². The van der Waals surface area contributed by atoms with Crippen molar-refractivity contribution in [1.82, 2.24) is 20.4 Å². The van der Waals surface area contributed by atoms with Gasteiger partial charge in [-0.1, -0.05) is 23.7 Å².